The Hall–Kier alpha value is -1.65. The van der Waals surface area contributed by atoms with Crippen LogP contribution in [0.25, 0.3) is 0 Å². The molecular formula is C14H24N4O. The zero-order valence-corrected chi connectivity index (χ0v) is 12.7. The molecule has 0 bridgehead atoms. The first kappa shape index (κ1) is 15.4. The molecule has 0 saturated carbocycles. The van der Waals surface area contributed by atoms with E-state index in [0.29, 0.717) is 11.9 Å². The maximum Gasteiger partial charge on any atom is 0.239 e. The fraction of sp³-hybridized carbons (Fsp3) is 0.643. The van der Waals surface area contributed by atoms with Crippen molar-refractivity contribution in [3.05, 3.63) is 17.5 Å². The van der Waals surface area contributed by atoms with Crippen molar-refractivity contribution < 1.29 is 4.79 Å². The third-order valence-corrected chi connectivity index (χ3v) is 2.39. The largest absolute Gasteiger partial charge is 0.350 e. The average molecular weight is 264 g/mol. The van der Waals surface area contributed by atoms with Crippen LogP contribution in [0.5, 0.6) is 0 Å². The zero-order chi connectivity index (χ0) is 14.6. The number of hydrogen-bond donors (Lipinski definition) is 2. The van der Waals surface area contributed by atoms with Gasteiger partial charge in [0.1, 0.15) is 0 Å². The molecular weight excluding hydrogens is 240 g/mol. The summed E-state index contributed by atoms with van der Waals surface area (Å²) in [6.45, 7) is 12.1. The van der Waals surface area contributed by atoms with Crippen LogP contribution in [0.2, 0.25) is 0 Å². The van der Waals surface area contributed by atoms with Crippen LogP contribution in [0.15, 0.2) is 6.07 Å². The van der Waals surface area contributed by atoms with Gasteiger partial charge in [-0.25, -0.2) is 9.97 Å². The van der Waals surface area contributed by atoms with E-state index in [1.54, 1.807) is 0 Å². The van der Waals surface area contributed by atoms with Gasteiger partial charge in [-0.3, -0.25) is 4.79 Å². The van der Waals surface area contributed by atoms with Gasteiger partial charge in [-0.1, -0.05) is 13.8 Å². The molecule has 1 aromatic heterocycles. The van der Waals surface area contributed by atoms with Crippen LogP contribution >= 0.6 is 0 Å². The summed E-state index contributed by atoms with van der Waals surface area (Å²) in [6, 6.07) is 1.96. The van der Waals surface area contributed by atoms with Crippen LogP contribution < -0.4 is 10.6 Å². The Kier molecular flexibility index (Phi) is 4.86. The molecule has 0 atom stereocenters. The lowest BCUT2D eigenvalue weighted by Gasteiger charge is -2.20. The van der Waals surface area contributed by atoms with Gasteiger partial charge in [-0.15, -0.1) is 0 Å². The van der Waals surface area contributed by atoms with Crippen molar-refractivity contribution in [2.45, 2.75) is 53.0 Å². The minimum Gasteiger partial charge on any atom is -0.350 e. The highest BCUT2D eigenvalue weighted by Crippen LogP contribution is 2.14. The number of nitrogens with one attached hydrogen (secondary N) is 2. The Morgan fingerprint density at radius 2 is 1.95 bits per heavy atom. The summed E-state index contributed by atoms with van der Waals surface area (Å²) < 4.78 is 0. The molecule has 1 amide bonds. The zero-order valence-electron chi connectivity index (χ0n) is 12.7. The van der Waals surface area contributed by atoms with E-state index in [2.05, 4.69) is 34.4 Å². The molecule has 5 heteroatoms. The van der Waals surface area contributed by atoms with Crippen LogP contribution in [0.1, 0.15) is 51.9 Å². The Labute approximate surface area is 115 Å². The normalized spacial score (nSPS) is 11.5. The number of anilines is 1. The minimum absolute atomic E-state index is 0.0660. The van der Waals surface area contributed by atoms with Gasteiger partial charge < -0.3 is 10.6 Å². The van der Waals surface area contributed by atoms with E-state index in [0.717, 1.165) is 11.4 Å². The van der Waals surface area contributed by atoms with Gasteiger partial charge in [0.25, 0.3) is 0 Å². The number of aromatic nitrogens is 2. The van der Waals surface area contributed by atoms with E-state index in [-0.39, 0.29) is 18.0 Å². The number of amides is 1. The van der Waals surface area contributed by atoms with Gasteiger partial charge in [-0.05, 0) is 39.7 Å². The molecule has 0 unspecified atom stereocenters. The van der Waals surface area contributed by atoms with Crippen LogP contribution in [0, 0.1) is 6.92 Å². The summed E-state index contributed by atoms with van der Waals surface area (Å²) in [6.07, 6.45) is 0. The smallest absolute Gasteiger partial charge is 0.239 e. The Bertz CT molecular complexity index is 449. The third kappa shape index (κ3) is 5.68. The second kappa shape index (κ2) is 5.99. The fourth-order valence-electron chi connectivity index (χ4n) is 1.59. The number of carbonyl (C=O) groups excluding carboxylic acids is 1. The van der Waals surface area contributed by atoms with E-state index in [4.69, 9.17) is 0 Å². The highest BCUT2D eigenvalue weighted by Gasteiger charge is 2.14. The molecule has 0 spiro atoms. The summed E-state index contributed by atoms with van der Waals surface area (Å²) in [4.78, 5) is 20.4. The average Bonchev–Trinajstić information content (AvgIpc) is 2.23. The molecule has 0 saturated heterocycles. The quantitative estimate of drug-likeness (QED) is 0.875. The minimum atomic E-state index is -0.227. The van der Waals surface area contributed by atoms with Crippen molar-refractivity contribution in [3.63, 3.8) is 0 Å². The van der Waals surface area contributed by atoms with Gasteiger partial charge >= 0.3 is 0 Å². The number of hydrogen-bond acceptors (Lipinski definition) is 4. The van der Waals surface area contributed by atoms with Gasteiger partial charge in [0.15, 0.2) is 0 Å². The van der Waals surface area contributed by atoms with Crippen LogP contribution in [0.4, 0.5) is 5.95 Å². The molecule has 5 nitrogen and oxygen atoms in total. The fourth-order valence-corrected chi connectivity index (χ4v) is 1.59. The van der Waals surface area contributed by atoms with E-state index in [1.165, 1.54) is 0 Å². The van der Waals surface area contributed by atoms with E-state index < -0.39 is 0 Å². The summed E-state index contributed by atoms with van der Waals surface area (Å²) >= 11 is 0. The monoisotopic (exact) mass is 264 g/mol. The maximum absolute atomic E-state index is 11.7. The maximum atomic E-state index is 11.7. The third-order valence-electron chi connectivity index (χ3n) is 2.39. The lowest BCUT2D eigenvalue weighted by molar-refractivity contribution is -0.120. The summed E-state index contributed by atoms with van der Waals surface area (Å²) in [5, 5.41) is 5.85. The molecule has 0 aliphatic rings. The van der Waals surface area contributed by atoms with Crippen molar-refractivity contribution in [1.29, 1.82) is 0 Å². The summed E-state index contributed by atoms with van der Waals surface area (Å²) in [5.74, 6) is 0.780. The molecule has 0 aliphatic heterocycles. The number of rotatable bonds is 4. The highest BCUT2D eigenvalue weighted by molar-refractivity contribution is 5.80. The molecule has 19 heavy (non-hydrogen) atoms. The van der Waals surface area contributed by atoms with Crippen molar-refractivity contribution in [3.8, 4) is 0 Å². The standard InChI is InChI=1S/C14H24N4O/c1-9(2)11-7-10(3)16-13(17-11)15-8-12(19)18-14(4,5)6/h7,9H,8H2,1-6H3,(H,18,19)(H,15,16,17). The van der Waals surface area contributed by atoms with Crippen molar-refractivity contribution in [1.82, 2.24) is 15.3 Å². The molecule has 0 fully saturated rings. The predicted molar refractivity (Wildman–Crippen MR) is 77.2 cm³/mol. The van der Waals surface area contributed by atoms with Crippen LogP contribution in [0.3, 0.4) is 0 Å². The topological polar surface area (TPSA) is 66.9 Å². The Morgan fingerprint density at radius 3 is 2.47 bits per heavy atom. The molecule has 2 N–H and O–H groups in total. The lowest BCUT2D eigenvalue weighted by Crippen LogP contribution is -2.43. The second-order valence-electron chi connectivity index (χ2n) is 6.06. The van der Waals surface area contributed by atoms with Crippen molar-refractivity contribution >= 4 is 11.9 Å². The lowest BCUT2D eigenvalue weighted by atomic mass is 10.1. The molecule has 1 heterocycles. The summed E-state index contributed by atoms with van der Waals surface area (Å²) in [5.41, 5.74) is 1.65. The van der Waals surface area contributed by atoms with Gasteiger partial charge in [0.05, 0.1) is 6.54 Å². The number of carbonyl (C=O) groups is 1. The van der Waals surface area contributed by atoms with Crippen LogP contribution in [-0.4, -0.2) is 28.0 Å². The molecule has 1 aromatic rings. The first-order valence-corrected chi connectivity index (χ1v) is 6.58. The van der Waals surface area contributed by atoms with E-state index >= 15 is 0 Å². The Balaban J connectivity index is 2.65. The predicted octanol–water partition coefficient (Wildman–Crippen LogP) is 2.24. The number of nitrogens with zero attached hydrogens (tertiary/aromatic N) is 2. The molecule has 106 valence electrons. The second-order valence-corrected chi connectivity index (χ2v) is 6.06. The van der Waals surface area contributed by atoms with Gasteiger partial charge in [0.2, 0.25) is 11.9 Å². The van der Waals surface area contributed by atoms with Gasteiger partial charge in [0, 0.05) is 16.9 Å². The van der Waals surface area contributed by atoms with Gasteiger partial charge in [-0.2, -0.15) is 0 Å². The first-order valence-electron chi connectivity index (χ1n) is 6.58. The molecule has 1 rings (SSSR count). The first-order chi connectivity index (χ1) is 8.67. The molecule has 0 radical (unpaired) electrons. The van der Waals surface area contributed by atoms with Crippen LogP contribution in [-0.2, 0) is 4.79 Å². The highest BCUT2D eigenvalue weighted by atomic mass is 16.2. The molecule has 0 aliphatic carbocycles. The Morgan fingerprint density at radius 1 is 1.32 bits per heavy atom. The molecule has 0 aromatic carbocycles. The summed E-state index contributed by atoms with van der Waals surface area (Å²) in [7, 11) is 0. The van der Waals surface area contributed by atoms with E-state index in [1.807, 2.05) is 33.8 Å². The SMILES string of the molecule is Cc1cc(C(C)C)nc(NCC(=O)NC(C)(C)C)n1. The van der Waals surface area contributed by atoms with E-state index in [9.17, 15) is 4.79 Å². The number of aryl methyl sites for hydroxylation is 1. The van der Waals surface area contributed by atoms with Crippen molar-refractivity contribution in [2.75, 3.05) is 11.9 Å². The van der Waals surface area contributed by atoms with Crippen molar-refractivity contribution in [2.24, 2.45) is 0 Å².